The number of sulfonamides is 1. The van der Waals surface area contributed by atoms with Gasteiger partial charge in [0, 0.05) is 18.9 Å². The van der Waals surface area contributed by atoms with Crippen LogP contribution in [0.2, 0.25) is 0 Å². The second-order valence-electron chi connectivity index (χ2n) is 6.09. The predicted octanol–water partition coefficient (Wildman–Crippen LogP) is 1.56. The van der Waals surface area contributed by atoms with Crippen LogP contribution in [0.3, 0.4) is 0 Å². The molecule has 0 unspecified atom stereocenters. The van der Waals surface area contributed by atoms with Crippen molar-refractivity contribution in [2.45, 2.75) is 37.1 Å². The summed E-state index contributed by atoms with van der Waals surface area (Å²) in [4.78, 5) is 16.0. The Balaban J connectivity index is 1.57. The molecule has 0 radical (unpaired) electrons. The second-order valence-corrected chi connectivity index (χ2v) is 7.86. The van der Waals surface area contributed by atoms with E-state index in [4.69, 9.17) is 0 Å². The second kappa shape index (κ2) is 7.76. The Morgan fingerprint density at radius 1 is 1.04 bits per heavy atom. The number of carbonyl (C=O) groups is 1. The summed E-state index contributed by atoms with van der Waals surface area (Å²) in [6.45, 7) is 0.0480. The van der Waals surface area contributed by atoms with E-state index < -0.39 is 10.0 Å². The van der Waals surface area contributed by atoms with Crippen molar-refractivity contribution < 1.29 is 13.2 Å². The fourth-order valence-electron chi connectivity index (χ4n) is 2.88. The van der Waals surface area contributed by atoms with Gasteiger partial charge in [-0.25, -0.2) is 13.1 Å². The van der Waals surface area contributed by atoms with E-state index in [0.29, 0.717) is 6.54 Å². The number of pyridine rings is 1. The number of hydrogen-bond donors (Lipinski definition) is 2. The molecule has 2 N–H and O–H groups in total. The topological polar surface area (TPSA) is 88.2 Å². The van der Waals surface area contributed by atoms with Gasteiger partial charge in [0.1, 0.15) is 0 Å². The number of rotatable bonds is 6. The third kappa shape index (κ3) is 4.64. The molecule has 25 heavy (non-hydrogen) atoms. The van der Waals surface area contributed by atoms with Gasteiger partial charge in [-0.1, -0.05) is 6.07 Å². The number of nitrogens with one attached hydrogen (secondary N) is 2. The zero-order valence-corrected chi connectivity index (χ0v) is 14.7. The van der Waals surface area contributed by atoms with E-state index in [1.54, 1.807) is 36.7 Å². The van der Waals surface area contributed by atoms with Crippen molar-refractivity contribution in [2.75, 3.05) is 6.54 Å². The maximum atomic E-state index is 12.4. The van der Waals surface area contributed by atoms with Gasteiger partial charge in [-0.05, 0) is 66.6 Å². The minimum atomic E-state index is -3.69. The van der Waals surface area contributed by atoms with Crippen molar-refractivity contribution >= 4 is 15.9 Å². The van der Waals surface area contributed by atoms with E-state index in [9.17, 15) is 13.2 Å². The smallest absolute Gasteiger partial charge is 0.241 e. The van der Waals surface area contributed by atoms with Crippen LogP contribution >= 0.6 is 0 Å². The van der Waals surface area contributed by atoms with Gasteiger partial charge < -0.3 is 5.32 Å². The molecule has 6 nitrogen and oxygen atoms in total. The van der Waals surface area contributed by atoms with E-state index in [-0.39, 0.29) is 17.3 Å². The zero-order chi connectivity index (χ0) is 17.7. The Labute approximate surface area is 147 Å². The van der Waals surface area contributed by atoms with Gasteiger partial charge in [-0.2, -0.15) is 0 Å². The van der Waals surface area contributed by atoms with Crippen LogP contribution in [-0.2, 0) is 34.2 Å². The van der Waals surface area contributed by atoms with Crippen molar-refractivity contribution in [3.8, 4) is 0 Å². The average Bonchev–Trinajstić information content (AvgIpc) is 2.65. The Morgan fingerprint density at radius 3 is 2.52 bits per heavy atom. The minimum Gasteiger partial charge on any atom is -0.351 e. The van der Waals surface area contributed by atoms with Gasteiger partial charge >= 0.3 is 0 Å². The fourth-order valence-corrected chi connectivity index (χ4v) is 3.92. The molecule has 1 aromatic heterocycles. The number of benzene rings is 1. The Bertz CT molecular complexity index is 851. The first-order valence-electron chi connectivity index (χ1n) is 8.32. The van der Waals surface area contributed by atoms with Gasteiger partial charge in [0.15, 0.2) is 0 Å². The van der Waals surface area contributed by atoms with E-state index in [0.717, 1.165) is 36.8 Å². The molecule has 132 valence electrons. The lowest BCUT2D eigenvalue weighted by Crippen LogP contribution is -2.36. The fraction of sp³-hybridized carbons (Fsp3) is 0.333. The SMILES string of the molecule is O=C(CNS(=O)(=O)c1ccc2c(c1)CCCC2)NCc1ccncc1. The van der Waals surface area contributed by atoms with Crippen LogP contribution in [-0.4, -0.2) is 25.9 Å². The molecule has 0 saturated heterocycles. The van der Waals surface area contributed by atoms with Gasteiger partial charge in [-0.3, -0.25) is 9.78 Å². The molecule has 0 atom stereocenters. The molecule has 1 aliphatic carbocycles. The van der Waals surface area contributed by atoms with Crippen molar-refractivity contribution in [3.05, 3.63) is 59.4 Å². The number of carbonyl (C=O) groups excluding carboxylic acids is 1. The molecule has 0 fully saturated rings. The number of hydrogen-bond acceptors (Lipinski definition) is 4. The summed E-state index contributed by atoms with van der Waals surface area (Å²) in [5.74, 6) is -0.377. The van der Waals surface area contributed by atoms with E-state index in [1.165, 1.54) is 5.56 Å². The number of fused-ring (bicyclic) bond motifs is 1. The summed E-state index contributed by atoms with van der Waals surface area (Å²) < 4.78 is 27.2. The van der Waals surface area contributed by atoms with Crippen LogP contribution in [0, 0.1) is 0 Å². The van der Waals surface area contributed by atoms with Crippen molar-refractivity contribution in [2.24, 2.45) is 0 Å². The van der Waals surface area contributed by atoms with E-state index >= 15 is 0 Å². The molecule has 7 heteroatoms. The van der Waals surface area contributed by atoms with Gasteiger partial charge in [0.05, 0.1) is 11.4 Å². The molecule has 1 aromatic carbocycles. The van der Waals surface area contributed by atoms with Crippen LogP contribution in [0.15, 0.2) is 47.6 Å². The Kier molecular flexibility index (Phi) is 5.45. The maximum Gasteiger partial charge on any atom is 0.241 e. The van der Waals surface area contributed by atoms with Crippen LogP contribution < -0.4 is 10.0 Å². The lowest BCUT2D eigenvalue weighted by atomic mass is 9.92. The molecule has 1 amide bonds. The quantitative estimate of drug-likeness (QED) is 0.819. The summed E-state index contributed by atoms with van der Waals surface area (Å²) in [6, 6.07) is 8.80. The summed E-state index contributed by atoms with van der Waals surface area (Å²) in [6.07, 6.45) is 7.42. The van der Waals surface area contributed by atoms with Crippen molar-refractivity contribution in [1.29, 1.82) is 0 Å². The van der Waals surface area contributed by atoms with Crippen molar-refractivity contribution in [1.82, 2.24) is 15.0 Å². The molecule has 0 aliphatic heterocycles. The predicted molar refractivity (Wildman–Crippen MR) is 94.4 cm³/mol. The van der Waals surface area contributed by atoms with Crippen molar-refractivity contribution in [3.63, 3.8) is 0 Å². The standard InChI is InChI=1S/C18H21N3O3S/c22-18(20-12-14-7-9-19-10-8-14)13-21-25(23,24)17-6-5-15-3-1-2-4-16(15)11-17/h5-11,21H,1-4,12-13H2,(H,20,22). The number of nitrogens with zero attached hydrogens (tertiary/aromatic N) is 1. The van der Waals surface area contributed by atoms with E-state index in [2.05, 4.69) is 15.0 Å². The highest BCUT2D eigenvalue weighted by molar-refractivity contribution is 7.89. The monoisotopic (exact) mass is 359 g/mol. The normalized spacial score (nSPS) is 13.9. The molecule has 0 spiro atoms. The number of amides is 1. The highest BCUT2D eigenvalue weighted by atomic mass is 32.2. The Hall–Kier alpha value is -2.25. The van der Waals surface area contributed by atoms with Gasteiger partial charge in [0.25, 0.3) is 0 Å². The largest absolute Gasteiger partial charge is 0.351 e. The van der Waals surface area contributed by atoms with Crippen LogP contribution in [0.5, 0.6) is 0 Å². The van der Waals surface area contributed by atoms with Crippen LogP contribution in [0.4, 0.5) is 0 Å². The maximum absolute atomic E-state index is 12.4. The molecule has 0 saturated carbocycles. The highest BCUT2D eigenvalue weighted by Crippen LogP contribution is 2.23. The molecular formula is C18H21N3O3S. The third-order valence-corrected chi connectivity index (χ3v) is 5.69. The minimum absolute atomic E-state index is 0.218. The van der Waals surface area contributed by atoms with E-state index in [1.807, 2.05) is 6.07 Å². The number of aryl methyl sites for hydroxylation is 2. The lowest BCUT2D eigenvalue weighted by molar-refractivity contribution is -0.120. The molecular weight excluding hydrogens is 338 g/mol. The summed E-state index contributed by atoms with van der Waals surface area (Å²) >= 11 is 0. The van der Waals surface area contributed by atoms with Gasteiger partial charge in [0.2, 0.25) is 15.9 Å². The molecule has 3 rings (SSSR count). The summed E-state index contributed by atoms with van der Waals surface area (Å²) in [7, 11) is -3.69. The zero-order valence-electron chi connectivity index (χ0n) is 13.9. The molecule has 0 bridgehead atoms. The molecule has 1 heterocycles. The number of aromatic nitrogens is 1. The van der Waals surface area contributed by atoms with Crippen LogP contribution in [0.25, 0.3) is 0 Å². The molecule has 1 aliphatic rings. The first-order chi connectivity index (χ1) is 12.0. The third-order valence-electron chi connectivity index (χ3n) is 4.29. The van der Waals surface area contributed by atoms with Gasteiger partial charge in [-0.15, -0.1) is 0 Å². The summed E-state index contributed by atoms with van der Waals surface area (Å²) in [5.41, 5.74) is 3.22. The van der Waals surface area contributed by atoms with Crippen LogP contribution in [0.1, 0.15) is 29.5 Å². The average molecular weight is 359 g/mol. The summed E-state index contributed by atoms with van der Waals surface area (Å²) in [5, 5.41) is 2.68. The highest BCUT2D eigenvalue weighted by Gasteiger charge is 2.18. The Morgan fingerprint density at radius 2 is 1.76 bits per heavy atom. The first kappa shape index (κ1) is 17.6. The lowest BCUT2D eigenvalue weighted by Gasteiger charge is -2.16. The molecule has 2 aromatic rings. The first-order valence-corrected chi connectivity index (χ1v) is 9.80.